The summed E-state index contributed by atoms with van der Waals surface area (Å²) in [5.74, 6) is 1.31. The first-order chi connectivity index (χ1) is 11.8. The van der Waals surface area contributed by atoms with Gasteiger partial charge in [0.2, 0.25) is 6.41 Å². The Bertz CT molecular complexity index is 907. The summed E-state index contributed by atoms with van der Waals surface area (Å²) in [4.78, 5) is 16.8. The van der Waals surface area contributed by atoms with Crippen molar-refractivity contribution >= 4 is 17.3 Å². The highest BCUT2D eigenvalue weighted by atomic mass is 16.5. The van der Waals surface area contributed by atoms with Gasteiger partial charge >= 0.3 is 0 Å². The average molecular weight is 325 g/mol. The lowest BCUT2D eigenvalue weighted by molar-refractivity contribution is -0.122. The normalized spacial score (nSPS) is 18.6. The fourth-order valence-electron chi connectivity index (χ4n) is 3.11. The third-order valence-electron chi connectivity index (χ3n) is 4.68. The van der Waals surface area contributed by atoms with Crippen molar-refractivity contribution in [3.05, 3.63) is 30.2 Å². The average Bonchev–Trinajstić information content (AvgIpc) is 3.12. The Kier molecular flexibility index (Phi) is 2.93. The van der Waals surface area contributed by atoms with Crippen LogP contribution in [0.15, 0.2) is 28.9 Å². The SMILES string of the molecule is O=CN1CC(c2noc(-c3ccc4cnn(C5COC5)c4c3)n2)C1. The quantitative estimate of drug-likeness (QED) is 0.670. The second kappa shape index (κ2) is 5.13. The van der Waals surface area contributed by atoms with E-state index in [-0.39, 0.29) is 5.92 Å². The van der Waals surface area contributed by atoms with Crippen molar-refractivity contribution in [2.45, 2.75) is 12.0 Å². The predicted octanol–water partition coefficient (Wildman–Crippen LogP) is 1.21. The number of ether oxygens (including phenoxy) is 1. The lowest BCUT2D eigenvalue weighted by Crippen LogP contribution is -2.44. The van der Waals surface area contributed by atoms with E-state index in [9.17, 15) is 4.79 Å². The maximum atomic E-state index is 10.7. The van der Waals surface area contributed by atoms with Crippen LogP contribution in [-0.2, 0) is 9.53 Å². The summed E-state index contributed by atoms with van der Waals surface area (Å²) in [7, 11) is 0. The van der Waals surface area contributed by atoms with E-state index < -0.39 is 0 Å². The van der Waals surface area contributed by atoms with Crippen molar-refractivity contribution in [3.8, 4) is 11.5 Å². The molecule has 2 aromatic heterocycles. The Morgan fingerprint density at radius 2 is 2.12 bits per heavy atom. The lowest BCUT2D eigenvalue weighted by atomic mass is 10.0. The smallest absolute Gasteiger partial charge is 0.258 e. The Morgan fingerprint density at radius 3 is 2.88 bits per heavy atom. The topological polar surface area (TPSA) is 86.3 Å². The largest absolute Gasteiger partial charge is 0.377 e. The number of rotatable bonds is 4. The summed E-state index contributed by atoms with van der Waals surface area (Å²) in [6.45, 7) is 2.69. The van der Waals surface area contributed by atoms with E-state index >= 15 is 0 Å². The maximum absolute atomic E-state index is 10.7. The number of amides is 1. The molecule has 2 aliphatic heterocycles. The van der Waals surface area contributed by atoms with E-state index in [2.05, 4.69) is 15.2 Å². The number of fused-ring (bicyclic) bond motifs is 1. The molecule has 0 N–H and O–H groups in total. The highest BCUT2D eigenvalue weighted by molar-refractivity contribution is 5.83. The van der Waals surface area contributed by atoms with Crippen LogP contribution in [0.25, 0.3) is 22.4 Å². The molecule has 2 aliphatic rings. The van der Waals surface area contributed by atoms with E-state index in [0.29, 0.717) is 44.1 Å². The molecule has 5 rings (SSSR count). The molecule has 24 heavy (non-hydrogen) atoms. The van der Waals surface area contributed by atoms with Gasteiger partial charge in [-0.2, -0.15) is 10.1 Å². The van der Waals surface area contributed by atoms with E-state index in [1.165, 1.54) is 0 Å². The lowest BCUT2D eigenvalue weighted by Gasteiger charge is -2.33. The van der Waals surface area contributed by atoms with Gasteiger partial charge in [-0.05, 0) is 12.1 Å². The second-order valence-electron chi connectivity index (χ2n) is 6.27. The van der Waals surface area contributed by atoms with Gasteiger partial charge in [0.25, 0.3) is 5.89 Å². The molecule has 2 saturated heterocycles. The van der Waals surface area contributed by atoms with Crippen molar-refractivity contribution < 1.29 is 14.1 Å². The zero-order chi connectivity index (χ0) is 16.1. The van der Waals surface area contributed by atoms with Crippen LogP contribution in [0.3, 0.4) is 0 Å². The fourth-order valence-corrected chi connectivity index (χ4v) is 3.11. The van der Waals surface area contributed by atoms with Gasteiger partial charge in [-0.25, -0.2) is 0 Å². The first-order valence-electron chi connectivity index (χ1n) is 7.90. The van der Waals surface area contributed by atoms with Gasteiger partial charge in [-0.3, -0.25) is 9.48 Å². The van der Waals surface area contributed by atoms with Crippen LogP contribution in [-0.4, -0.2) is 57.5 Å². The molecule has 0 bridgehead atoms. The van der Waals surface area contributed by atoms with Gasteiger partial charge in [-0.1, -0.05) is 11.2 Å². The number of aromatic nitrogens is 4. The van der Waals surface area contributed by atoms with Gasteiger partial charge in [0.1, 0.15) is 0 Å². The zero-order valence-corrected chi connectivity index (χ0v) is 12.8. The molecule has 8 nitrogen and oxygen atoms in total. The minimum atomic E-state index is 0.161. The molecule has 2 fully saturated rings. The Hall–Kier alpha value is -2.74. The molecule has 8 heteroatoms. The molecule has 0 aliphatic carbocycles. The number of benzene rings is 1. The third-order valence-corrected chi connectivity index (χ3v) is 4.68. The van der Waals surface area contributed by atoms with Gasteiger partial charge < -0.3 is 14.2 Å². The van der Waals surface area contributed by atoms with Gasteiger partial charge in [0.05, 0.1) is 36.9 Å². The summed E-state index contributed by atoms with van der Waals surface area (Å²) in [6.07, 6.45) is 2.70. The zero-order valence-electron chi connectivity index (χ0n) is 12.8. The number of carbonyl (C=O) groups excluding carboxylic acids is 1. The summed E-state index contributed by atoms with van der Waals surface area (Å²) in [5, 5.41) is 9.60. The van der Waals surface area contributed by atoms with Gasteiger partial charge in [-0.15, -0.1) is 0 Å². The fraction of sp³-hybridized carbons (Fsp3) is 0.375. The number of likely N-dealkylation sites (tertiary alicyclic amines) is 1. The molecular weight excluding hydrogens is 310 g/mol. The molecule has 0 spiro atoms. The van der Waals surface area contributed by atoms with Crippen LogP contribution < -0.4 is 0 Å². The molecule has 1 amide bonds. The third kappa shape index (κ3) is 2.03. The standard InChI is InChI=1S/C16H15N5O3/c22-9-20-5-12(6-20)15-18-16(24-19-15)10-1-2-11-4-17-21(14(11)3-10)13-7-23-8-13/h1-4,9,12-13H,5-8H2. The van der Waals surface area contributed by atoms with Crippen molar-refractivity contribution in [1.29, 1.82) is 0 Å². The predicted molar refractivity (Wildman–Crippen MR) is 83.3 cm³/mol. The van der Waals surface area contributed by atoms with Crippen LogP contribution in [0.1, 0.15) is 17.8 Å². The van der Waals surface area contributed by atoms with Gasteiger partial charge in [0.15, 0.2) is 5.82 Å². The number of hydrogen-bond donors (Lipinski definition) is 0. The van der Waals surface area contributed by atoms with Crippen molar-refractivity contribution in [1.82, 2.24) is 24.8 Å². The van der Waals surface area contributed by atoms with E-state index in [0.717, 1.165) is 22.9 Å². The molecule has 0 atom stereocenters. The first-order valence-corrected chi connectivity index (χ1v) is 7.90. The number of hydrogen-bond acceptors (Lipinski definition) is 6. The minimum Gasteiger partial charge on any atom is -0.377 e. The number of carbonyl (C=O) groups is 1. The Morgan fingerprint density at radius 1 is 1.25 bits per heavy atom. The molecule has 0 saturated carbocycles. The molecular formula is C16H15N5O3. The molecule has 122 valence electrons. The van der Waals surface area contributed by atoms with E-state index in [1.807, 2.05) is 29.1 Å². The van der Waals surface area contributed by atoms with Crippen LogP contribution in [0.4, 0.5) is 0 Å². The van der Waals surface area contributed by atoms with Gasteiger partial charge in [0, 0.05) is 24.0 Å². The summed E-state index contributed by atoms with van der Waals surface area (Å²) >= 11 is 0. The molecule has 4 heterocycles. The minimum absolute atomic E-state index is 0.161. The Balaban J connectivity index is 1.46. The second-order valence-corrected chi connectivity index (χ2v) is 6.27. The van der Waals surface area contributed by atoms with Crippen LogP contribution >= 0.6 is 0 Å². The monoisotopic (exact) mass is 325 g/mol. The van der Waals surface area contributed by atoms with Crippen LogP contribution in [0, 0.1) is 0 Å². The highest BCUT2D eigenvalue weighted by Crippen LogP contribution is 2.29. The summed E-state index contributed by atoms with van der Waals surface area (Å²) < 4.78 is 12.7. The van der Waals surface area contributed by atoms with Crippen molar-refractivity contribution in [2.75, 3.05) is 26.3 Å². The van der Waals surface area contributed by atoms with Crippen LogP contribution in [0.5, 0.6) is 0 Å². The van der Waals surface area contributed by atoms with E-state index in [1.54, 1.807) is 4.90 Å². The first kappa shape index (κ1) is 13.7. The Labute approximate surface area is 137 Å². The molecule has 0 unspecified atom stereocenters. The van der Waals surface area contributed by atoms with Crippen LogP contribution in [0.2, 0.25) is 0 Å². The maximum Gasteiger partial charge on any atom is 0.258 e. The number of nitrogens with zero attached hydrogens (tertiary/aromatic N) is 5. The molecule has 1 aromatic carbocycles. The summed E-state index contributed by atoms with van der Waals surface area (Å²) in [6, 6.07) is 6.28. The molecule has 0 radical (unpaired) electrons. The highest BCUT2D eigenvalue weighted by Gasteiger charge is 2.31. The summed E-state index contributed by atoms with van der Waals surface area (Å²) in [5.41, 5.74) is 1.91. The molecule has 3 aromatic rings. The van der Waals surface area contributed by atoms with Crippen molar-refractivity contribution in [2.24, 2.45) is 0 Å². The van der Waals surface area contributed by atoms with E-state index in [4.69, 9.17) is 9.26 Å². The van der Waals surface area contributed by atoms with Crippen molar-refractivity contribution in [3.63, 3.8) is 0 Å².